The Balaban J connectivity index is 1.57. The number of hydrogen-bond acceptors (Lipinski definition) is 5. The standard InChI is InChI=1S/C17H27N3OS2/c1-12(2)15-11-23-17(19-15)13-4-3-6-20(9-13)16(21)8-14-10-22-7-5-18-14/h11-14,18H,3-10H2,1-2H3. The fourth-order valence-corrected chi connectivity index (χ4v) is 5.31. The number of thioether (sulfide) groups is 1. The molecule has 2 unspecified atom stereocenters. The third-order valence-corrected chi connectivity index (χ3v) is 6.83. The number of piperidine rings is 1. The van der Waals surface area contributed by atoms with E-state index in [1.165, 1.54) is 16.5 Å². The second kappa shape index (κ2) is 7.99. The van der Waals surface area contributed by atoms with Gasteiger partial charge in [-0.2, -0.15) is 11.8 Å². The average molecular weight is 354 g/mol. The van der Waals surface area contributed by atoms with Crippen molar-refractivity contribution in [2.24, 2.45) is 0 Å². The zero-order valence-electron chi connectivity index (χ0n) is 14.1. The van der Waals surface area contributed by atoms with Crippen LogP contribution in [0.1, 0.15) is 55.6 Å². The molecule has 2 atom stereocenters. The van der Waals surface area contributed by atoms with Gasteiger partial charge in [-0.15, -0.1) is 11.3 Å². The van der Waals surface area contributed by atoms with Crippen LogP contribution in [0, 0.1) is 0 Å². The monoisotopic (exact) mass is 353 g/mol. The van der Waals surface area contributed by atoms with Gasteiger partial charge in [-0.25, -0.2) is 4.98 Å². The molecule has 0 aliphatic carbocycles. The summed E-state index contributed by atoms with van der Waals surface area (Å²) in [5, 5.41) is 6.87. The number of amides is 1. The molecule has 2 aliphatic rings. The van der Waals surface area contributed by atoms with Gasteiger partial charge in [0.2, 0.25) is 5.91 Å². The molecular weight excluding hydrogens is 326 g/mol. The van der Waals surface area contributed by atoms with E-state index in [1.54, 1.807) is 11.3 Å². The molecule has 0 saturated carbocycles. The van der Waals surface area contributed by atoms with E-state index in [-0.39, 0.29) is 0 Å². The van der Waals surface area contributed by atoms with Gasteiger partial charge in [0, 0.05) is 54.9 Å². The molecule has 1 aromatic heterocycles. The fourth-order valence-electron chi connectivity index (χ4n) is 3.25. The number of carbonyl (C=O) groups excluding carboxylic acids is 1. The molecule has 0 radical (unpaired) electrons. The Hall–Kier alpha value is -0.590. The van der Waals surface area contributed by atoms with Gasteiger partial charge in [0.05, 0.1) is 10.7 Å². The minimum Gasteiger partial charge on any atom is -0.342 e. The summed E-state index contributed by atoms with van der Waals surface area (Å²) >= 11 is 3.72. The topological polar surface area (TPSA) is 45.2 Å². The van der Waals surface area contributed by atoms with Crippen molar-refractivity contribution in [1.82, 2.24) is 15.2 Å². The first-order valence-corrected chi connectivity index (χ1v) is 10.7. The van der Waals surface area contributed by atoms with Gasteiger partial charge in [0.15, 0.2) is 0 Å². The van der Waals surface area contributed by atoms with Crippen molar-refractivity contribution < 1.29 is 4.79 Å². The maximum absolute atomic E-state index is 12.6. The summed E-state index contributed by atoms with van der Waals surface area (Å²) in [7, 11) is 0. The number of likely N-dealkylation sites (tertiary alicyclic amines) is 1. The molecule has 23 heavy (non-hydrogen) atoms. The van der Waals surface area contributed by atoms with Crippen molar-refractivity contribution in [2.45, 2.75) is 51.0 Å². The quantitative estimate of drug-likeness (QED) is 0.903. The Morgan fingerprint density at radius 2 is 2.39 bits per heavy atom. The lowest BCUT2D eigenvalue weighted by Crippen LogP contribution is -2.45. The van der Waals surface area contributed by atoms with E-state index in [9.17, 15) is 4.79 Å². The van der Waals surface area contributed by atoms with Gasteiger partial charge in [-0.3, -0.25) is 4.79 Å². The smallest absolute Gasteiger partial charge is 0.224 e. The fraction of sp³-hybridized carbons (Fsp3) is 0.765. The number of hydrogen-bond donors (Lipinski definition) is 1. The molecule has 1 amide bonds. The second-order valence-electron chi connectivity index (χ2n) is 6.87. The Kier molecular flexibility index (Phi) is 5.99. The molecule has 4 nitrogen and oxygen atoms in total. The van der Waals surface area contributed by atoms with Crippen LogP contribution in [0.3, 0.4) is 0 Å². The zero-order chi connectivity index (χ0) is 16.2. The minimum absolute atomic E-state index is 0.315. The molecule has 2 saturated heterocycles. The van der Waals surface area contributed by atoms with Gasteiger partial charge >= 0.3 is 0 Å². The maximum atomic E-state index is 12.6. The second-order valence-corrected chi connectivity index (χ2v) is 8.91. The van der Waals surface area contributed by atoms with E-state index in [1.807, 2.05) is 11.8 Å². The maximum Gasteiger partial charge on any atom is 0.224 e. The predicted octanol–water partition coefficient (Wildman–Crippen LogP) is 3.07. The summed E-state index contributed by atoms with van der Waals surface area (Å²) in [6, 6.07) is 0.356. The van der Waals surface area contributed by atoms with Crippen LogP contribution in [-0.2, 0) is 4.79 Å². The van der Waals surface area contributed by atoms with E-state index >= 15 is 0 Å². The van der Waals surface area contributed by atoms with Crippen LogP contribution in [0.15, 0.2) is 5.38 Å². The third-order valence-electron chi connectivity index (χ3n) is 4.67. The van der Waals surface area contributed by atoms with Crippen LogP contribution in [-0.4, -0.2) is 53.0 Å². The summed E-state index contributed by atoms with van der Waals surface area (Å²) < 4.78 is 0. The third kappa shape index (κ3) is 4.48. The SMILES string of the molecule is CC(C)c1csc(C2CCCN(C(=O)CC3CSCCN3)C2)n1. The van der Waals surface area contributed by atoms with Crippen LogP contribution in [0.5, 0.6) is 0 Å². The van der Waals surface area contributed by atoms with Crippen molar-refractivity contribution in [3.8, 4) is 0 Å². The molecule has 1 aromatic rings. The van der Waals surface area contributed by atoms with E-state index in [0.29, 0.717) is 30.2 Å². The highest BCUT2D eigenvalue weighted by atomic mass is 32.2. The van der Waals surface area contributed by atoms with Crippen LogP contribution in [0.2, 0.25) is 0 Å². The molecular formula is C17H27N3OS2. The molecule has 0 spiro atoms. The largest absolute Gasteiger partial charge is 0.342 e. The van der Waals surface area contributed by atoms with Crippen molar-refractivity contribution >= 4 is 29.0 Å². The lowest BCUT2D eigenvalue weighted by atomic mass is 9.98. The summed E-state index contributed by atoms with van der Waals surface area (Å²) in [5.74, 6) is 3.46. The molecule has 1 N–H and O–H groups in total. The van der Waals surface area contributed by atoms with E-state index < -0.39 is 0 Å². The highest BCUT2D eigenvalue weighted by Gasteiger charge is 2.28. The zero-order valence-corrected chi connectivity index (χ0v) is 15.7. The van der Waals surface area contributed by atoms with Crippen LogP contribution >= 0.6 is 23.1 Å². The van der Waals surface area contributed by atoms with Gasteiger partial charge in [0.25, 0.3) is 0 Å². The first kappa shape index (κ1) is 17.2. The molecule has 0 bridgehead atoms. The van der Waals surface area contributed by atoms with Crippen LogP contribution < -0.4 is 5.32 Å². The number of nitrogens with one attached hydrogen (secondary N) is 1. The van der Waals surface area contributed by atoms with Gasteiger partial charge in [-0.1, -0.05) is 13.8 Å². The highest BCUT2D eigenvalue weighted by Crippen LogP contribution is 2.31. The Morgan fingerprint density at radius 1 is 1.52 bits per heavy atom. The van der Waals surface area contributed by atoms with Gasteiger partial charge < -0.3 is 10.2 Å². The van der Waals surface area contributed by atoms with E-state index in [0.717, 1.165) is 38.2 Å². The summed E-state index contributed by atoms with van der Waals surface area (Å²) in [6.07, 6.45) is 2.90. The molecule has 0 aromatic carbocycles. The van der Waals surface area contributed by atoms with Gasteiger partial charge in [-0.05, 0) is 18.8 Å². The van der Waals surface area contributed by atoms with Crippen molar-refractivity contribution in [3.63, 3.8) is 0 Å². The van der Waals surface area contributed by atoms with Crippen LogP contribution in [0.4, 0.5) is 0 Å². The summed E-state index contributed by atoms with van der Waals surface area (Å²) in [6.45, 7) is 7.17. The Bertz CT molecular complexity index is 526. The van der Waals surface area contributed by atoms with Crippen molar-refractivity contribution in [1.29, 1.82) is 0 Å². The van der Waals surface area contributed by atoms with Crippen molar-refractivity contribution in [2.75, 3.05) is 31.1 Å². The normalized spacial score (nSPS) is 25.8. The summed E-state index contributed by atoms with van der Waals surface area (Å²) in [4.78, 5) is 19.5. The van der Waals surface area contributed by atoms with Gasteiger partial charge in [0.1, 0.15) is 0 Å². The van der Waals surface area contributed by atoms with Crippen LogP contribution in [0.25, 0.3) is 0 Å². The highest BCUT2D eigenvalue weighted by molar-refractivity contribution is 7.99. The Morgan fingerprint density at radius 3 is 3.09 bits per heavy atom. The molecule has 128 valence electrons. The molecule has 2 fully saturated rings. The van der Waals surface area contributed by atoms with E-state index in [4.69, 9.17) is 4.98 Å². The molecule has 2 aliphatic heterocycles. The first-order valence-electron chi connectivity index (χ1n) is 8.67. The molecule has 3 rings (SSSR count). The molecule has 3 heterocycles. The number of rotatable bonds is 4. The van der Waals surface area contributed by atoms with Crippen molar-refractivity contribution in [3.05, 3.63) is 16.1 Å². The lowest BCUT2D eigenvalue weighted by Gasteiger charge is -2.33. The minimum atomic E-state index is 0.315. The average Bonchev–Trinajstić information content (AvgIpc) is 3.06. The number of aromatic nitrogens is 1. The number of nitrogens with zero attached hydrogens (tertiary/aromatic N) is 2. The number of carbonyl (C=O) groups is 1. The predicted molar refractivity (Wildman–Crippen MR) is 98.5 cm³/mol. The summed E-state index contributed by atoms with van der Waals surface area (Å²) in [5.41, 5.74) is 1.19. The first-order chi connectivity index (χ1) is 11.1. The Labute approximate surface area is 147 Å². The number of thiazole rings is 1. The lowest BCUT2D eigenvalue weighted by molar-refractivity contribution is -0.132. The van der Waals surface area contributed by atoms with E-state index in [2.05, 4.69) is 29.4 Å². The molecule has 6 heteroatoms.